The number of halogens is 3. The van der Waals surface area contributed by atoms with Gasteiger partial charge < -0.3 is 9.64 Å². The van der Waals surface area contributed by atoms with Gasteiger partial charge in [0.05, 0.1) is 5.92 Å². The SMILES string of the molecule is O=C1C(c2ccccc2)CCN1c1ccc(OC(F)(F)F)cc1. The Labute approximate surface area is 131 Å². The maximum absolute atomic E-state index is 12.5. The molecule has 3 nitrogen and oxygen atoms in total. The van der Waals surface area contributed by atoms with E-state index in [1.54, 1.807) is 4.90 Å². The number of ether oxygens (including phenoxy) is 1. The van der Waals surface area contributed by atoms with Gasteiger partial charge in [-0.3, -0.25) is 4.79 Å². The minimum absolute atomic E-state index is 0.0410. The van der Waals surface area contributed by atoms with Crippen LogP contribution in [0.15, 0.2) is 54.6 Å². The highest BCUT2D eigenvalue weighted by molar-refractivity contribution is 6.00. The minimum atomic E-state index is -4.72. The summed E-state index contributed by atoms with van der Waals surface area (Å²) in [6, 6.07) is 14.8. The maximum atomic E-state index is 12.5. The van der Waals surface area contributed by atoms with E-state index >= 15 is 0 Å². The van der Waals surface area contributed by atoms with Crippen LogP contribution in [0.3, 0.4) is 0 Å². The molecule has 2 aromatic carbocycles. The van der Waals surface area contributed by atoms with Crippen LogP contribution in [0.1, 0.15) is 17.9 Å². The summed E-state index contributed by atoms with van der Waals surface area (Å²) in [5, 5.41) is 0. The van der Waals surface area contributed by atoms with Gasteiger partial charge >= 0.3 is 6.36 Å². The lowest BCUT2D eigenvalue weighted by Crippen LogP contribution is -2.26. The van der Waals surface area contributed by atoms with Gasteiger partial charge in [-0.05, 0) is 36.2 Å². The van der Waals surface area contributed by atoms with Crippen molar-refractivity contribution < 1.29 is 22.7 Å². The fourth-order valence-electron chi connectivity index (χ4n) is 2.76. The molecule has 1 aliphatic rings. The Morgan fingerprint density at radius 3 is 2.26 bits per heavy atom. The summed E-state index contributed by atoms with van der Waals surface area (Å²) in [4.78, 5) is 14.1. The van der Waals surface area contributed by atoms with E-state index in [0.717, 1.165) is 5.56 Å². The largest absolute Gasteiger partial charge is 0.573 e. The third kappa shape index (κ3) is 3.47. The van der Waals surface area contributed by atoms with E-state index < -0.39 is 6.36 Å². The first-order chi connectivity index (χ1) is 10.9. The highest BCUT2D eigenvalue weighted by Crippen LogP contribution is 2.33. The van der Waals surface area contributed by atoms with Crippen molar-refractivity contribution in [2.75, 3.05) is 11.4 Å². The Morgan fingerprint density at radius 2 is 1.65 bits per heavy atom. The lowest BCUT2D eigenvalue weighted by Gasteiger charge is -2.18. The molecule has 0 aromatic heterocycles. The van der Waals surface area contributed by atoms with Crippen LogP contribution in [-0.4, -0.2) is 18.8 Å². The van der Waals surface area contributed by atoms with E-state index in [-0.39, 0.29) is 17.6 Å². The molecule has 23 heavy (non-hydrogen) atoms. The van der Waals surface area contributed by atoms with E-state index in [0.29, 0.717) is 18.7 Å². The lowest BCUT2D eigenvalue weighted by molar-refractivity contribution is -0.274. The number of anilines is 1. The van der Waals surface area contributed by atoms with Gasteiger partial charge in [0.2, 0.25) is 5.91 Å². The molecular formula is C17H14F3NO2. The molecule has 1 fully saturated rings. The summed E-state index contributed by atoms with van der Waals surface area (Å²) >= 11 is 0. The Balaban J connectivity index is 1.74. The molecule has 1 unspecified atom stereocenters. The molecule has 0 spiro atoms. The summed E-state index contributed by atoms with van der Waals surface area (Å²) in [5.74, 6) is -0.546. The Kier molecular flexibility index (Phi) is 3.98. The summed E-state index contributed by atoms with van der Waals surface area (Å²) in [6.07, 6.45) is -4.03. The van der Waals surface area contributed by atoms with Crippen LogP contribution in [0.2, 0.25) is 0 Å². The van der Waals surface area contributed by atoms with Crippen molar-refractivity contribution in [1.29, 1.82) is 0 Å². The zero-order valence-electron chi connectivity index (χ0n) is 12.1. The molecule has 6 heteroatoms. The van der Waals surface area contributed by atoms with Crippen LogP contribution >= 0.6 is 0 Å². The van der Waals surface area contributed by atoms with Gasteiger partial charge in [0, 0.05) is 12.2 Å². The number of hydrogen-bond acceptors (Lipinski definition) is 2. The number of benzene rings is 2. The van der Waals surface area contributed by atoms with Crippen molar-refractivity contribution in [1.82, 2.24) is 0 Å². The van der Waals surface area contributed by atoms with Crippen LogP contribution in [0.5, 0.6) is 5.75 Å². The zero-order valence-corrected chi connectivity index (χ0v) is 12.1. The summed E-state index contributed by atoms with van der Waals surface area (Å²) < 4.78 is 40.3. The normalized spacial score (nSPS) is 18.3. The third-order valence-electron chi connectivity index (χ3n) is 3.79. The van der Waals surface area contributed by atoms with Gasteiger partial charge in [0.1, 0.15) is 5.75 Å². The van der Waals surface area contributed by atoms with E-state index in [1.165, 1.54) is 24.3 Å². The number of hydrogen-bond donors (Lipinski definition) is 0. The van der Waals surface area contributed by atoms with Crippen LogP contribution < -0.4 is 9.64 Å². The second kappa shape index (κ2) is 5.95. The van der Waals surface area contributed by atoms with Crippen molar-refractivity contribution in [2.45, 2.75) is 18.7 Å². The van der Waals surface area contributed by atoms with Crippen LogP contribution in [0.4, 0.5) is 18.9 Å². The lowest BCUT2D eigenvalue weighted by atomic mass is 9.98. The highest BCUT2D eigenvalue weighted by atomic mass is 19.4. The number of rotatable bonds is 3. The van der Waals surface area contributed by atoms with Gasteiger partial charge in [0.15, 0.2) is 0 Å². The smallest absolute Gasteiger partial charge is 0.406 e. The maximum Gasteiger partial charge on any atom is 0.573 e. The number of carbonyl (C=O) groups excluding carboxylic acids is 1. The first-order valence-corrected chi connectivity index (χ1v) is 7.16. The first-order valence-electron chi connectivity index (χ1n) is 7.16. The Bertz CT molecular complexity index is 683. The summed E-state index contributed by atoms with van der Waals surface area (Å²) in [5.41, 5.74) is 1.53. The topological polar surface area (TPSA) is 29.5 Å². The molecule has 1 heterocycles. The van der Waals surface area contributed by atoms with Crippen molar-refractivity contribution in [3.8, 4) is 5.75 Å². The minimum Gasteiger partial charge on any atom is -0.406 e. The van der Waals surface area contributed by atoms with Crippen LogP contribution in [0.25, 0.3) is 0 Å². The summed E-state index contributed by atoms with van der Waals surface area (Å²) in [6.45, 7) is 0.540. The predicted molar refractivity (Wildman–Crippen MR) is 79.3 cm³/mol. The molecule has 1 aliphatic heterocycles. The standard InChI is InChI=1S/C17H14F3NO2/c18-17(19,20)23-14-8-6-13(7-9-14)21-11-10-15(16(21)22)12-4-2-1-3-5-12/h1-9,15H,10-11H2. The van der Waals surface area contributed by atoms with Crippen molar-refractivity contribution in [3.05, 3.63) is 60.2 Å². The third-order valence-corrected chi connectivity index (χ3v) is 3.79. The molecule has 0 radical (unpaired) electrons. The van der Waals surface area contributed by atoms with Crippen molar-refractivity contribution >= 4 is 11.6 Å². The number of nitrogens with zero attached hydrogens (tertiary/aromatic N) is 1. The average molecular weight is 321 g/mol. The Hall–Kier alpha value is -2.50. The summed E-state index contributed by atoms with van der Waals surface area (Å²) in [7, 11) is 0. The molecule has 0 N–H and O–H groups in total. The van der Waals surface area contributed by atoms with Crippen molar-refractivity contribution in [3.63, 3.8) is 0 Å². The second-order valence-corrected chi connectivity index (χ2v) is 5.28. The van der Waals surface area contributed by atoms with Gasteiger partial charge in [-0.2, -0.15) is 0 Å². The van der Waals surface area contributed by atoms with E-state index in [1.807, 2.05) is 30.3 Å². The number of alkyl halides is 3. The quantitative estimate of drug-likeness (QED) is 0.851. The van der Waals surface area contributed by atoms with Gasteiger partial charge in [0.25, 0.3) is 0 Å². The Morgan fingerprint density at radius 1 is 1.00 bits per heavy atom. The molecule has 0 saturated carbocycles. The molecule has 3 rings (SSSR count). The van der Waals surface area contributed by atoms with E-state index in [9.17, 15) is 18.0 Å². The van der Waals surface area contributed by atoms with E-state index in [2.05, 4.69) is 4.74 Å². The van der Waals surface area contributed by atoms with E-state index in [4.69, 9.17) is 0 Å². The molecule has 1 atom stereocenters. The number of carbonyl (C=O) groups is 1. The molecule has 120 valence electrons. The fourth-order valence-corrected chi connectivity index (χ4v) is 2.76. The van der Waals surface area contributed by atoms with Gasteiger partial charge in [-0.1, -0.05) is 30.3 Å². The monoisotopic (exact) mass is 321 g/mol. The first kappa shape index (κ1) is 15.4. The van der Waals surface area contributed by atoms with Crippen LogP contribution in [-0.2, 0) is 4.79 Å². The zero-order chi connectivity index (χ0) is 16.4. The molecule has 1 saturated heterocycles. The van der Waals surface area contributed by atoms with Crippen molar-refractivity contribution in [2.24, 2.45) is 0 Å². The molecule has 0 aliphatic carbocycles. The molecule has 1 amide bonds. The second-order valence-electron chi connectivity index (χ2n) is 5.28. The average Bonchev–Trinajstić information content (AvgIpc) is 2.89. The molecule has 0 bridgehead atoms. The highest BCUT2D eigenvalue weighted by Gasteiger charge is 2.34. The van der Waals surface area contributed by atoms with Crippen LogP contribution in [0, 0.1) is 0 Å². The van der Waals surface area contributed by atoms with Gasteiger partial charge in [-0.15, -0.1) is 13.2 Å². The number of amides is 1. The van der Waals surface area contributed by atoms with Gasteiger partial charge in [-0.25, -0.2) is 0 Å². The predicted octanol–water partition coefficient (Wildman–Crippen LogP) is 4.11. The molecular weight excluding hydrogens is 307 g/mol. The molecule has 2 aromatic rings. The fraction of sp³-hybridized carbons (Fsp3) is 0.235.